The summed E-state index contributed by atoms with van der Waals surface area (Å²) in [7, 11) is 1.77. The lowest BCUT2D eigenvalue weighted by atomic mass is 10.0. The summed E-state index contributed by atoms with van der Waals surface area (Å²) in [5.74, 6) is -1.96. The predicted molar refractivity (Wildman–Crippen MR) is 132 cm³/mol. The molecule has 3 aromatic rings. The minimum Gasteiger partial charge on any atom is -0.505 e. The average Bonchev–Trinajstić information content (AvgIpc) is 2.87. The second-order valence-electron chi connectivity index (χ2n) is 8.37. The van der Waals surface area contributed by atoms with E-state index in [0.29, 0.717) is 31.0 Å². The number of rotatable bonds is 9. The van der Waals surface area contributed by atoms with Crippen molar-refractivity contribution in [1.82, 2.24) is 25.1 Å². The number of aliphatic hydroxyl groups excluding tert-OH is 1. The lowest BCUT2D eigenvalue weighted by Crippen LogP contribution is -2.24. The van der Waals surface area contributed by atoms with Gasteiger partial charge in [-0.25, -0.2) is 28.2 Å². The van der Waals surface area contributed by atoms with E-state index in [9.17, 15) is 41.0 Å². The van der Waals surface area contributed by atoms with E-state index < -0.39 is 41.4 Å². The first-order valence-corrected chi connectivity index (χ1v) is 11.6. The van der Waals surface area contributed by atoms with Crippen molar-refractivity contribution in [1.29, 1.82) is 0 Å². The Kier molecular flexibility index (Phi) is 11.3. The molecule has 3 rings (SSSR count). The van der Waals surface area contributed by atoms with Crippen LogP contribution < -0.4 is 5.56 Å². The van der Waals surface area contributed by atoms with Gasteiger partial charge < -0.3 is 15.1 Å². The second-order valence-corrected chi connectivity index (χ2v) is 8.37. The molecule has 0 aliphatic heterocycles. The smallest absolute Gasteiger partial charge is 0.425 e. The zero-order chi connectivity index (χ0) is 30.0. The quantitative estimate of drug-likeness (QED) is 0.250. The number of likely N-dealkylation sites (N-methyl/N-ethyl adjacent to an activating group) is 1. The molecular formula is C25H25F6N5O4. The number of H-pyrrole nitrogens is 1. The van der Waals surface area contributed by atoms with Crippen LogP contribution in [0, 0.1) is 5.82 Å². The Morgan fingerprint density at radius 1 is 1.12 bits per heavy atom. The molecule has 216 valence electrons. The molecule has 2 heterocycles. The third-order valence-electron chi connectivity index (χ3n) is 5.21. The SMILES string of the molecule is CCCC(O)CN(C)/C=C\c1cc(-c2ncc(C(F)F)cn2)c(F)cc1C=O.O=c1[nH]ncc(O)c1C(F)(F)F. The highest BCUT2D eigenvalue weighted by molar-refractivity contribution is 5.84. The number of nitrogens with zero attached hydrogens (tertiary/aromatic N) is 4. The summed E-state index contributed by atoms with van der Waals surface area (Å²) < 4.78 is 75.3. The minimum absolute atomic E-state index is 0.000243. The van der Waals surface area contributed by atoms with Gasteiger partial charge >= 0.3 is 6.18 Å². The fourth-order valence-electron chi connectivity index (χ4n) is 3.30. The fraction of sp³-hybridized carbons (Fsp3) is 0.320. The van der Waals surface area contributed by atoms with Gasteiger partial charge in [0.15, 0.2) is 23.4 Å². The summed E-state index contributed by atoms with van der Waals surface area (Å²) in [5, 5.41) is 23.0. The van der Waals surface area contributed by atoms with E-state index in [-0.39, 0.29) is 22.5 Å². The number of benzene rings is 1. The molecule has 1 aromatic carbocycles. The molecule has 0 bridgehead atoms. The zero-order valence-electron chi connectivity index (χ0n) is 21.2. The largest absolute Gasteiger partial charge is 0.505 e. The van der Waals surface area contributed by atoms with Crippen LogP contribution in [0.1, 0.15) is 53.2 Å². The first kappa shape index (κ1) is 31.9. The molecular weight excluding hydrogens is 548 g/mol. The van der Waals surface area contributed by atoms with Crippen molar-refractivity contribution in [3.8, 4) is 17.1 Å². The molecule has 1 unspecified atom stereocenters. The lowest BCUT2D eigenvalue weighted by molar-refractivity contribution is -0.140. The van der Waals surface area contributed by atoms with Crippen molar-refractivity contribution in [2.24, 2.45) is 0 Å². The number of aromatic nitrogens is 4. The fourth-order valence-corrected chi connectivity index (χ4v) is 3.30. The Hall–Kier alpha value is -4.27. The molecule has 1 atom stereocenters. The van der Waals surface area contributed by atoms with Crippen LogP contribution in [0.4, 0.5) is 26.3 Å². The lowest BCUT2D eigenvalue weighted by Gasteiger charge is -2.18. The molecule has 3 N–H and O–H groups in total. The number of nitrogens with one attached hydrogen (secondary N) is 1. The number of alkyl halides is 5. The van der Waals surface area contributed by atoms with Gasteiger partial charge in [-0.3, -0.25) is 9.59 Å². The van der Waals surface area contributed by atoms with Crippen LogP contribution in [0.3, 0.4) is 0 Å². The van der Waals surface area contributed by atoms with E-state index in [4.69, 9.17) is 5.11 Å². The number of hydrogen-bond donors (Lipinski definition) is 3. The van der Waals surface area contributed by atoms with Crippen molar-refractivity contribution in [3.05, 3.63) is 75.3 Å². The third-order valence-corrected chi connectivity index (χ3v) is 5.21. The van der Waals surface area contributed by atoms with Gasteiger partial charge in [0.1, 0.15) is 5.82 Å². The Morgan fingerprint density at radius 2 is 1.77 bits per heavy atom. The van der Waals surface area contributed by atoms with Gasteiger partial charge in [0, 0.05) is 31.5 Å². The maximum atomic E-state index is 14.4. The normalized spacial score (nSPS) is 12.2. The first-order chi connectivity index (χ1) is 18.8. The van der Waals surface area contributed by atoms with E-state index >= 15 is 0 Å². The molecule has 0 radical (unpaired) electrons. The number of aromatic hydroxyl groups is 1. The van der Waals surface area contributed by atoms with Gasteiger partial charge in [0.25, 0.3) is 12.0 Å². The number of carbonyl (C=O) groups excluding carboxylic acids is 1. The second kappa shape index (κ2) is 14.2. The van der Waals surface area contributed by atoms with E-state index in [2.05, 4.69) is 15.1 Å². The van der Waals surface area contributed by atoms with Crippen LogP contribution in [0.2, 0.25) is 0 Å². The van der Waals surface area contributed by atoms with Crippen molar-refractivity contribution in [3.63, 3.8) is 0 Å². The molecule has 2 aromatic heterocycles. The van der Waals surface area contributed by atoms with Gasteiger partial charge in [-0.2, -0.15) is 18.3 Å². The van der Waals surface area contributed by atoms with Crippen molar-refractivity contribution < 1.29 is 41.4 Å². The van der Waals surface area contributed by atoms with E-state index in [1.54, 1.807) is 29.3 Å². The van der Waals surface area contributed by atoms with E-state index in [0.717, 1.165) is 24.9 Å². The Morgan fingerprint density at radius 3 is 2.27 bits per heavy atom. The molecule has 40 heavy (non-hydrogen) atoms. The standard InChI is InChI=1S/C20H22F3N3O2.C5H3F3N2O2/c1-3-4-16(28)11-26(2)6-5-13-7-17(18(21)8-14(13)12-27)20-24-9-15(10-25-20)19(22)23;6-5(7,8)3-2(11)1-9-10-4(3)12/h5-10,12,16,19,28H,3-4,11H2,1-2H3;1H,(H2,10,11,12)/b6-5-;. The van der Waals surface area contributed by atoms with Crippen LogP contribution in [0.15, 0.2) is 41.7 Å². The Bertz CT molecular complexity index is 1360. The van der Waals surface area contributed by atoms with Gasteiger partial charge in [-0.1, -0.05) is 13.3 Å². The zero-order valence-corrected chi connectivity index (χ0v) is 21.2. The van der Waals surface area contributed by atoms with Crippen LogP contribution in [-0.2, 0) is 6.18 Å². The number of aromatic amines is 1. The molecule has 15 heteroatoms. The maximum Gasteiger partial charge on any atom is 0.425 e. The molecule has 0 aliphatic rings. The molecule has 0 fully saturated rings. The van der Waals surface area contributed by atoms with E-state index in [1.165, 1.54) is 6.07 Å². The summed E-state index contributed by atoms with van der Waals surface area (Å²) in [4.78, 5) is 31.1. The number of aliphatic hydroxyl groups is 1. The molecule has 0 aliphatic carbocycles. The summed E-state index contributed by atoms with van der Waals surface area (Å²) in [6.45, 7) is 2.39. The maximum absolute atomic E-state index is 14.4. The van der Waals surface area contributed by atoms with Crippen LogP contribution >= 0.6 is 0 Å². The highest BCUT2D eigenvalue weighted by atomic mass is 19.4. The summed E-state index contributed by atoms with van der Waals surface area (Å²) in [5.41, 5.74) is -2.89. The minimum atomic E-state index is -4.86. The van der Waals surface area contributed by atoms with Crippen LogP contribution in [0.25, 0.3) is 17.5 Å². The topological polar surface area (TPSA) is 132 Å². The summed E-state index contributed by atoms with van der Waals surface area (Å²) in [6, 6.07) is 2.45. The molecule has 0 saturated carbocycles. The van der Waals surface area contributed by atoms with Crippen LogP contribution in [-0.4, -0.2) is 61.3 Å². The predicted octanol–water partition coefficient (Wildman–Crippen LogP) is 4.59. The number of hydrogen-bond acceptors (Lipinski definition) is 8. The summed E-state index contributed by atoms with van der Waals surface area (Å²) in [6.07, 6.45) is -0.308. The number of halogens is 6. The van der Waals surface area contributed by atoms with Crippen molar-refractivity contribution >= 4 is 12.4 Å². The third kappa shape index (κ3) is 8.90. The van der Waals surface area contributed by atoms with Crippen molar-refractivity contribution in [2.75, 3.05) is 13.6 Å². The number of carbonyl (C=O) groups is 1. The molecule has 0 spiro atoms. The average molecular weight is 573 g/mol. The summed E-state index contributed by atoms with van der Waals surface area (Å²) >= 11 is 0. The molecule has 0 amide bonds. The Labute approximate surface area is 223 Å². The van der Waals surface area contributed by atoms with Gasteiger partial charge in [0.2, 0.25) is 0 Å². The Balaban J connectivity index is 0.000000389. The van der Waals surface area contributed by atoms with Crippen LogP contribution in [0.5, 0.6) is 5.75 Å². The van der Waals surface area contributed by atoms with Crippen molar-refractivity contribution in [2.45, 2.75) is 38.5 Å². The molecule has 0 saturated heterocycles. The molecule has 9 nitrogen and oxygen atoms in total. The van der Waals surface area contributed by atoms with E-state index in [1.807, 2.05) is 6.92 Å². The monoisotopic (exact) mass is 573 g/mol. The van der Waals surface area contributed by atoms with Gasteiger partial charge in [-0.05, 0) is 36.4 Å². The van der Waals surface area contributed by atoms with Gasteiger partial charge in [-0.15, -0.1) is 0 Å². The highest BCUT2D eigenvalue weighted by Crippen LogP contribution is 2.31. The first-order valence-electron chi connectivity index (χ1n) is 11.6. The van der Waals surface area contributed by atoms with Gasteiger partial charge in [0.05, 0.1) is 23.4 Å². The number of aldehydes is 1. The highest BCUT2D eigenvalue weighted by Gasteiger charge is 2.37.